The summed E-state index contributed by atoms with van der Waals surface area (Å²) in [6.45, 7) is 0.135. The number of carboxylic acid groups (broad SMARTS) is 1. The zero-order chi connectivity index (χ0) is 24.0. The van der Waals surface area contributed by atoms with Crippen LogP contribution in [0.25, 0.3) is 6.08 Å². The van der Waals surface area contributed by atoms with Crippen molar-refractivity contribution < 1.29 is 24.4 Å². The second kappa shape index (κ2) is 11.2. The zero-order valence-electron chi connectivity index (χ0n) is 16.8. The Labute approximate surface area is 216 Å². The van der Waals surface area contributed by atoms with Crippen LogP contribution in [0.3, 0.4) is 0 Å². The minimum atomic E-state index is -1.27. The summed E-state index contributed by atoms with van der Waals surface area (Å²) in [6.07, 6.45) is 1.37. The van der Waals surface area contributed by atoms with Crippen LogP contribution in [0.4, 0.5) is 5.69 Å². The molecule has 0 fully saturated rings. The molecule has 0 atom stereocenters. The van der Waals surface area contributed by atoms with Crippen LogP contribution in [0, 0.1) is 17.3 Å². The number of aliphatic carboxylic acids is 1. The highest BCUT2D eigenvalue weighted by Gasteiger charge is 2.15. The molecule has 3 aromatic rings. The number of non-ortho nitro benzene ring substituents is 1. The van der Waals surface area contributed by atoms with Gasteiger partial charge in [-0.15, -0.1) is 0 Å². The predicted molar refractivity (Wildman–Crippen MR) is 139 cm³/mol. The van der Waals surface area contributed by atoms with E-state index in [2.05, 4.69) is 50.5 Å². The van der Waals surface area contributed by atoms with Gasteiger partial charge in [-0.3, -0.25) is 14.9 Å². The molecule has 33 heavy (non-hydrogen) atoms. The van der Waals surface area contributed by atoms with E-state index in [-0.39, 0.29) is 18.0 Å². The number of carbonyl (C=O) groups excluding carboxylic acids is 1. The number of halogens is 2. The molecule has 0 aliphatic heterocycles. The molecule has 0 unspecified atom stereocenters. The maximum absolute atomic E-state index is 12.3. The van der Waals surface area contributed by atoms with E-state index in [0.29, 0.717) is 22.4 Å². The first-order valence-corrected chi connectivity index (χ1v) is 11.6. The summed E-state index contributed by atoms with van der Waals surface area (Å²) in [4.78, 5) is 34.5. The van der Waals surface area contributed by atoms with Gasteiger partial charge in [0.25, 0.3) is 11.6 Å². The maximum Gasteiger partial charge on any atom is 0.352 e. The molecule has 0 saturated heterocycles. The number of ether oxygens (including phenoxy) is 1. The molecule has 0 spiro atoms. The number of hydrogen-bond donors (Lipinski definition) is 2. The van der Waals surface area contributed by atoms with Crippen molar-refractivity contribution in [3.05, 3.63) is 106 Å². The molecule has 0 saturated carbocycles. The van der Waals surface area contributed by atoms with Gasteiger partial charge < -0.3 is 15.2 Å². The minimum Gasteiger partial charge on any atom is -0.487 e. The van der Waals surface area contributed by atoms with Gasteiger partial charge in [-0.1, -0.05) is 30.3 Å². The number of nitrogens with one attached hydrogen (secondary N) is 1. The van der Waals surface area contributed by atoms with Gasteiger partial charge in [0.2, 0.25) is 0 Å². The van der Waals surface area contributed by atoms with Gasteiger partial charge in [0.1, 0.15) is 18.1 Å². The van der Waals surface area contributed by atoms with Gasteiger partial charge in [-0.25, -0.2) is 4.79 Å². The monoisotopic (exact) mass is 670 g/mol. The summed E-state index contributed by atoms with van der Waals surface area (Å²) in [6, 6.07) is 18.0. The van der Waals surface area contributed by atoms with Crippen LogP contribution in [0.2, 0.25) is 0 Å². The number of carboxylic acids is 1. The Hall–Kier alpha value is -3.00. The van der Waals surface area contributed by atoms with Crippen molar-refractivity contribution in [1.29, 1.82) is 0 Å². The van der Waals surface area contributed by atoms with Crippen molar-refractivity contribution in [3.63, 3.8) is 0 Å². The van der Waals surface area contributed by atoms with Crippen LogP contribution in [0.1, 0.15) is 21.5 Å². The summed E-state index contributed by atoms with van der Waals surface area (Å²) in [5, 5.41) is 22.9. The lowest BCUT2D eigenvalue weighted by Crippen LogP contribution is -2.27. The highest BCUT2D eigenvalue weighted by atomic mass is 127. The molecule has 3 aromatic carbocycles. The van der Waals surface area contributed by atoms with E-state index in [1.165, 1.54) is 18.2 Å². The van der Waals surface area contributed by atoms with Crippen LogP contribution in [0.15, 0.2) is 72.4 Å². The third kappa shape index (κ3) is 6.74. The summed E-state index contributed by atoms with van der Waals surface area (Å²) in [5.74, 6) is -1.22. The maximum atomic E-state index is 12.3. The molecule has 168 valence electrons. The summed E-state index contributed by atoms with van der Waals surface area (Å²) >= 11 is 4.14. The van der Waals surface area contributed by atoms with Crippen molar-refractivity contribution in [2.24, 2.45) is 0 Å². The largest absolute Gasteiger partial charge is 0.487 e. The molecule has 0 bridgehead atoms. The van der Waals surface area contributed by atoms with Crippen LogP contribution >= 0.6 is 45.2 Å². The second-order valence-corrected chi connectivity index (χ2v) is 9.04. The van der Waals surface area contributed by atoms with E-state index in [4.69, 9.17) is 4.74 Å². The highest BCUT2D eigenvalue weighted by Crippen LogP contribution is 2.30. The number of amides is 1. The lowest BCUT2D eigenvalue weighted by atomic mass is 10.1. The third-order valence-corrected chi connectivity index (χ3v) is 5.95. The van der Waals surface area contributed by atoms with Gasteiger partial charge in [0.05, 0.1) is 12.1 Å². The molecule has 8 nitrogen and oxygen atoms in total. The van der Waals surface area contributed by atoms with E-state index in [0.717, 1.165) is 7.14 Å². The number of carbonyl (C=O) groups is 2. The molecular formula is C23H16I2N2O6. The summed E-state index contributed by atoms with van der Waals surface area (Å²) in [5.41, 5.74) is 1.29. The number of hydrogen-bond acceptors (Lipinski definition) is 5. The van der Waals surface area contributed by atoms with Crippen LogP contribution < -0.4 is 10.1 Å². The average Bonchev–Trinajstić information content (AvgIpc) is 2.78. The zero-order valence-corrected chi connectivity index (χ0v) is 21.1. The molecule has 1 amide bonds. The van der Waals surface area contributed by atoms with Gasteiger partial charge in [0.15, 0.2) is 0 Å². The van der Waals surface area contributed by atoms with E-state index < -0.39 is 16.8 Å². The molecular weight excluding hydrogens is 654 g/mol. The Morgan fingerprint density at radius 1 is 1.03 bits per heavy atom. The Balaban J connectivity index is 1.79. The van der Waals surface area contributed by atoms with Crippen LogP contribution in [-0.4, -0.2) is 21.9 Å². The van der Waals surface area contributed by atoms with Crippen molar-refractivity contribution in [2.45, 2.75) is 6.61 Å². The Morgan fingerprint density at radius 2 is 1.70 bits per heavy atom. The first kappa shape index (κ1) is 24.6. The SMILES string of the molecule is O=C(O)/C(=C\c1cc(I)c(OCc2cccc([N+](=O)[O-])c2)c(I)c1)NC(=O)c1ccccc1. The van der Waals surface area contributed by atoms with Gasteiger partial charge >= 0.3 is 5.97 Å². The van der Waals surface area contributed by atoms with Crippen molar-refractivity contribution >= 4 is 68.8 Å². The fourth-order valence-corrected chi connectivity index (χ4v) is 4.95. The topological polar surface area (TPSA) is 119 Å². The minimum absolute atomic E-state index is 0.0141. The molecule has 10 heteroatoms. The quantitative estimate of drug-likeness (QED) is 0.147. The molecule has 0 aliphatic rings. The van der Waals surface area contributed by atoms with Crippen molar-refractivity contribution in [3.8, 4) is 5.75 Å². The Bertz CT molecular complexity index is 1220. The lowest BCUT2D eigenvalue weighted by Gasteiger charge is -2.12. The van der Waals surface area contributed by atoms with Gasteiger partial charge in [0, 0.05) is 17.7 Å². The van der Waals surface area contributed by atoms with Crippen LogP contribution in [0.5, 0.6) is 5.75 Å². The van der Waals surface area contributed by atoms with Crippen LogP contribution in [-0.2, 0) is 11.4 Å². The smallest absolute Gasteiger partial charge is 0.352 e. The molecule has 2 N–H and O–H groups in total. The molecule has 0 heterocycles. The average molecular weight is 670 g/mol. The molecule has 0 aliphatic carbocycles. The lowest BCUT2D eigenvalue weighted by molar-refractivity contribution is -0.384. The number of nitrogens with zero attached hydrogens (tertiary/aromatic N) is 1. The number of nitro groups is 1. The van der Waals surface area contributed by atoms with E-state index in [1.54, 1.807) is 54.6 Å². The standard InChI is InChI=1S/C23H16I2N2O6/c24-18-10-15(12-20(23(29)30)26-22(28)16-6-2-1-3-7-16)11-19(25)21(18)33-13-14-5-4-8-17(9-14)27(31)32/h1-12H,13H2,(H,26,28)(H,29,30)/b20-12+. The van der Waals surface area contributed by atoms with Crippen molar-refractivity contribution in [2.75, 3.05) is 0 Å². The first-order chi connectivity index (χ1) is 15.7. The molecule has 0 radical (unpaired) electrons. The number of nitro benzene ring substituents is 1. The third-order valence-electron chi connectivity index (χ3n) is 4.35. The fourth-order valence-electron chi connectivity index (χ4n) is 2.82. The normalized spacial score (nSPS) is 11.0. The van der Waals surface area contributed by atoms with Crippen molar-refractivity contribution in [1.82, 2.24) is 5.32 Å². The number of rotatable bonds is 8. The fraction of sp³-hybridized carbons (Fsp3) is 0.0435. The number of benzene rings is 3. The molecule has 3 rings (SSSR count). The second-order valence-electron chi connectivity index (χ2n) is 6.71. The van der Waals surface area contributed by atoms with Gasteiger partial charge in [-0.2, -0.15) is 0 Å². The highest BCUT2D eigenvalue weighted by molar-refractivity contribution is 14.1. The molecule has 0 aromatic heterocycles. The van der Waals surface area contributed by atoms with E-state index >= 15 is 0 Å². The van der Waals surface area contributed by atoms with Gasteiger partial charge in [-0.05, 0) is 86.7 Å². The summed E-state index contributed by atoms with van der Waals surface area (Å²) in [7, 11) is 0. The Morgan fingerprint density at radius 3 is 2.30 bits per heavy atom. The van der Waals surface area contributed by atoms with E-state index in [1.807, 2.05) is 0 Å². The summed E-state index contributed by atoms with van der Waals surface area (Å²) < 4.78 is 7.31. The predicted octanol–water partition coefficient (Wildman–Crippen LogP) is 5.24. The van der Waals surface area contributed by atoms with E-state index in [9.17, 15) is 24.8 Å². The Kier molecular flexibility index (Phi) is 8.38. The first-order valence-electron chi connectivity index (χ1n) is 9.41.